The summed E-state index contributed by atoms with van der Waals surface area (Å²) in [6, 6.07) is 9.89. The van der Waals surface area contributed by atoms with Crippen LogP contribution in [-0.4, -0.2) is 46.2 Å². The van der Waals surface area contributed by atoms with Crippen LogP contribution in [0.3, 0.4) is 0 Å². The van der Waals surface area contributed by atoms with Crippen molar-refractivity contribution in [2.45, 2.75) is 26.7 Å². The lowest BCUT2D eigenvalue weighted by Gasteiger charge is -2.32. The van der Waals surface area contributed by atoms with Gasteiger partial charge in [-0.2, -0.15) is 0 Å². The summed E-state index contributed by atoms with van der Waals surface area (Å²) in [5.74, 6) is 0.821. The number of rotatable bonds is 4. The molecular weight excluding hydrogens is 464 g/mol. The minimum atomic E-state index is -0.0304. The Hall–Kier alpha value is -2.39. The minimum Gasteiger partial charge on any atom is -0.341 e. The molecule has 156 valence electrons. The zero-order valence-electron chi connectivity index (χ0n) is 17.2. The molecule has 0 saturated carbocycles. The van der Waals surface area contributed by atoms with Crippen molar-refractivity contribution in [1.82, 2.24) is 20.2 Å². The fourth-order valence-electron chi connectivity index (χ4n) is 3.60. The standard InChI is InChI=1S/C21H23BrN6OS/c1-13-12-14(2)24-20(23-13)28-10-8-16(9-11-28)19(29)27(3)21-26-25-18(30-21)15-4-6-17(22)7-5-15/h4-7,12,16H,8-11H2,1-3H3. The number of nitrogens with zero attached hydrogens (tertiary/aromatic N) is 6. The molecule has 2 aromatic heterocycles. The third kappa shape index (κ3) is 4.52. The number of aromatic nitrogens is 4. The van der Waals surface area contributed by atoms with E-state index in [4.69, 9.17) is 0 Å². The second-order valence-corrected chi connectivity index (χ2v) is 9.38. The van der Waals surface area contributed by atoms with Crippen LogP contribution in [-0.2, 0) is 4.79 Å². The fraction of sp³-hybridized carbons (Fsp3) is 0.381. The Morgan fingerprint density at radius 3 is 2.37 bits per heavy atom. The maximum atomic E-state index is 13.0. The highest BCUT2D eigenvalue weighted by atomic mass is 79.9. The van der Waals surface area contributed by atoms with Crippen molar-refractivity contribution in [3.8, 4) is 10.6 Å². The van der Waals surface area contributed by atoms with Gasteiger partial charge < -0.3 is 4.90 Å². The van der Waals surface area contributed by atoms with Crippen LogP contribution in [0.4, 0.5) is 11.1 Å². The molecule has 3 heterocycles. The van der Waals surface area contributed by atoms with Crippen molar-refractivity contribution in [3.05, 3.63) is 46.2 Å². The molecule has 0 unspecified atom stereocenters. The highest BCUT2D eigenvalue weighted by Gasteiger charge is 2.30. The normalized spacial score (nSPS) is 14.7. The average Bonchev–Trinajstić information content (AvgIpc) is 3.23. The molecule has 0 bridgehead atoms. The van der Waals surface area contributed by atoms with Gasteiger partial charge in [-0.25, -0.2) is 9.97 Å². The number of piperidine rings is 1. The quantitative estimate of drug-likeness (QED) is 0.548. The van der Waals surface area contributed by atoms with Gasteiger partial charge in [-0.05, 0) is 44.9 Å². The van der Waals surface area contributed by atoms with E-state index in [1.807, 2.05) is 44.2 Å². The van der Waals surface area contributed by atoms with E-state index in [1.54, 1.807) is 11.9 Å². The van der Waals surface area contributed by atoms with Crippen molar-refractivity contribution >= 4 is 44.3 Å². The van der Waals surface area contributed by atoms with Crippen molar-refractivity contribution < 1.29 is 4.79 Å². The molecule has 4 rings (SSSR count). The second kappa shape index (κ2) is 8.77. The smallest absolute Gasteiger partial charge is 0.231 e. The number of amides is 1. The van der Waals surface area contributed by atoms with Gasteiger partial charge in [0.05, 0.1) is 0 Å². The third-order valence-corrected chi connectivity index (χ3v) is 6.80. The van der Waals surface area contributed by atoms with E-state index in [0.29, 0.717) is 5.13 Å². The Morgan fingerprint density at radius 2 is 1.73 bits per heavy atom. The summed E-state index contributed by atoms with van der Waals surface area (Å²) in [6.45, 7) is 5.50. The molecule has 1 fully saturated rings. The molecule has 0 radical (unpaired) electrons. The zero-order valence-corrected chi connectivity index (χ0v) is 19.6. The van der Waals surface area contributed by atoms with Crippen molar-refractivity contribution in [1.29, 1.82) is 0 Å². The monoisotopic (exact) mass is 486 g/mol. The van der Waals surface area contributed by atoms with E-state index in [0.717, 1.165) is 58.3 Å². The van der Waals surface area contributed by atoms with E-state index >= 15 is 0 Å². The van der Waals surface area contributed by atoms with E-state index in [2.05, 4.69) is 41.0 Å². The first-order valence-electron chi connectivity index (χ1n) is 9.85. The largest absolute Gasteiger partial charge is 0.341 e. The molecule has 30 heavy (non-hydrogen) atoms. The van der Waals surface area contributed by atoms with Gasteiger partial charge in [-0.15, -0.1) is 10.2 Å². The number of carbonyl (C=O) groups is 1. The van der Waals surface area contributed by atoms with Crippen LogP contribution >= 0.6 is 27.3 Å². The lowest BCUT2D eigenvalue weighted by molar-refractivity contribution is -0.122. The van der Waals surface area contributed by atoms with Crippen LogP contribution in [0.15, 0.2) is 34.8 Å². The topological polar surface area (TPSA) is 75.1 Å². The van der Waals surface area contributed by atoms with E-state index in [1.165, 1.54) is 11.3 Å². The summed E-state index contributed by atoms with van der Waals surface area (Å²) in [4.78, 5) is 26.0. The fourth-order valence-corrected chi connectivity index (χ4v) is 4.68. The molecular formula is C21H23BrN6OS. The Balaban J connectivity index is 1.40. The molecule has 0 atom stereocenters. The first kappa shape index (κ1) is 20.9. The highest BCUT2D eigenvalue weighted by molar-refractivity contribution is 9.10. The van der Waals surface area contributed by atoms with Crippen LogP contribution in [0.25, 0.3) is 10.6 Å². The number of hydrogen-bond donors (Lipinski definition) is 0. The molecule has 1 saturated heterocycles. The third-order valence-electron chi connectivity index (χ3n) is 5.22. The molecule has 1 aliphatic rings. The first-order valence-corrected chi connectivity index (χ1v) is 11.5. The van der Waals surface area contributed by atoms with E-state index in [-0.39, 0.29) is 11.8 Å². The Morgan fingerprint density at radius 1 is 1.10 bits per heavy atom. The van der Waals surface area contributed by atoms with Gasteiger partial charge in [0, 0.05) is 47.5 Å². The SMILES string of the molecule is Cc1cc(C)nc(N2CCC(C(=O)N(C)c3nnc(-c4ccc(Br)cc4)s3)CC2)n1. The maximum Gasteiger partial charge on any atom is 0.231 e. The van der Waals surface area contributed by atoms with Crippen molar-refractivity contribution in [3.63, 3.8) is 0 Å². The van der Waals surface area contributed by atoms with Crippen LogP contribution in [0, 0.1) is 19.8 Å². The van der Waals surface area contributed by atoms with Gasteiger partial charge in [-0.3, -0.25) is 9.69 Å². The molecule has 7 nitrogen and oxygen atoms in total. The Labute approximate surface area is 188 Å². The maximum absolute atomic E-state index is 13.0. The summed E-state index contributed by atoms with van der Waals surface area (Å²) in [5.41, 5.74) is 2.92. The van der Waals surface area contributed by atoms with E-state index in [9.17, 15) is 4.79 Å². The van der Waals surface area contributed by atoms with Gasteiger partial charge >= 0.3 is 0 Å². The summed E-state index contributed by atoms with van der Waals surface area (Å²) >= 11 is 4.87. The first-order chi connectivity index (χ1) is 14.4. The second-order valence-electron chi connectivity index (χ2n) is 7.51. The lowest BCUT2D eigenvalue weighted by atomic mass is 9.96. The highest BCUT2D eigenvalue weighted by Crippen LogP contribution is 2.31. The summed E-state index contributed by atoms with van der Waals surface area (Å²) in [7, 11) is 1.79. The number of halogens is 1. The predicted molar refractivity (Wildman–Crippen MR) is 123 cm³/mol. The van der Waals surface area contributed by atoms with Gasteiger partial charge in [0.2, 0.25) is 17.0 Å². The molecule has 0 spiro atoms. The number of benzene rings is 1. The zero-order chi connectivity index (χ0) is 21.3. The molecule has 0 aliphatic carbocycles. The molecule has 0 N–H and O–H groups in total. The minimum absolute atomic E-state index is 0.0304. The van der Waals surface area contributed by atoms with Crippen LogP contribution in [0.5, 0.6) is 0 Å². The molecule has 3 aromatic rings. The van der Waals surface area contributed by atoms with Gasteiger partial charge in [0.1, 0.15) is 5.01 Å². The molecule has 9 heteroatoms. The average molecular weight is 487 g/mol. The van der Waals surface area contributed by atoms with Gasteiger partial charge in [0.15, 0.2) is 0 Å². The lowest BCUT2D eigenvalue weighted by Crippen LogP contribution is -2.42. The number of aryl methyl sites for hydroxylation is 2. The summed E-state index contributed by atoms with van der Waals surface area (Å²) in [6.07, 6.45) is 1.55. The van der Waals surface area contributed by atoms with E-state index < -0.39 is 0 Å². The van der Waals surface area contributed by atoms with Crippen molar-refractivity contribution in [2.24, 2.45) is 5.92 Å². The Bertz CT molecular complexity index is 1030. The summed E-state index contributed by atoms with van der Waals surface area (Å²) < 4.78 is 1.01. The van der Waals surface area contributed by atoms with Gasteiger partial charge in [0.25, 0.3) is 0 Å². The number of carbonyl (C=O) groups excluding carboxylic acids is 1. The predicted octanol–water partition coefficient (Wildman–Crippen LogP) is 4.25. The van der Waals surface area contributed by atoms with Gasteiger partial charge in [-0.1, -0.05) is 39.4 Å². The number of anilines is 2. The summed E-state index contributed by atoms with van der Waals surface area (Å²) in [5, 5.41) is 9.94. The van der Waals surface area contributed by atoms with Crippen LogP contribution in [0.1, 0.15) is 24.2 Å². The number of hydrogen-bond acceptors (Lipinski definition) is 7. The van der Waals surface area contributed by atoms with Crippen LogP contribution in [0.2, 0.25) is 0 Å². The Kier molecular flexibility index (Phi) is 6.10. The van der Waals surface area contributed by atoms with Crippen molar-refractivity contribution in [2.75, 3.05) is 29.9 Å². The van der Waals surface area contributed by atoms with Crippen LogP contribution < -0.4 is 9.80 Å². The molecule has 1 aliphatic heterocycles. The molecule has 1 aromatic carbocycles. The molecule has 1 amide bonds.